The predicted octanol–water partition coefficient (Wildman–Crippen LogP) is 1.03. The van der Waals surface area contributed by atoms with Crippen LogP contribution in [0.4, 0.5) is 4.79 Å². The third-order valence-electron chi connectivity index (χ3n) is 10.4. The lowest BCUT2D eigenvalue weighted by molar-refractivity contribution is -0.143. The van der Waals surface area contributed by atoms with Gasteiger partial charge in [0.25, 0.3) is 0 Å². The molecule has 2 heterocycles. The lowest BCUT2D eigenvalue weighted by Crippen LogP contribution is -2.59. The molecular weight excluding hydrogens is 826 g/mol. The first-order valence-electron chi connectivity index (χ1n) is 20.9. The Bertz CT molecular complexity index is 1930. The fourth-order valence-corrected chi connectivity index (χ4v) is 7.21. The van der Waals surface area contributed by atoms with E-state index in [1.54, 1.807) is 12.3 Å². The van der Waals surface area contributed by atoms with Gasteiger partial charge >= 0.3 is 12.0 Å². The van der Waals surface area contributed by atoms with E-state index in [9.17, 15) is 38.7 Å². The summed E-state index contributed by atoms with van der Waals surface area (Å²) >= 11 is 6.13. The third kappa shape index (κ3) is 15.3. The van der Waals surface area contributed by atoms with E-state index >= 15 is 0 Å². The summed E-state index contributed by atoms with van der Waals surface area (Å²) in [6, 6.07) is -4.60. The van der Waals surface area contributed by atoms with E-state index < -0.39 is 77.8 Å². The fourth-order valence-electron chi connectivity index (χ4n) is 7.04. The maximum atomic E-state index is 14.2. The number of hydrogen-bond acceptors (Lipinski definition) is 10. The molecule has 20 nitrogen and oxygen atoms in total. The van der Waals surface area contributed by atoms with Crippen molar-refractivity contribution in [3.8, 4) is 5.75 Å². The van der Waals surface area contributed by atoms with Gasteiger partial charge in [-0.3, -0.25) is 29.0 Å². The minimum absolute atomic E-state index is 0.00322. The molecule has 344 valence electrons. The summed E-state index contributed by atoms with van der Waals surface area (Å²) in [7, 11) is 2.64. The summed E-state index contributed by atoms with van der Waals surface area (Å²) in [5.41, 5.74) is 12.0. The Kier molecular flexibility index (Phi) is 19.6. The molecule has 1 aromatic heterocycles. The number of carbonyl (C=O) groups is 7. The van der Waals surface area contributed by atoms with Gasteiger partial charge in [-0.1, -0.05) is 39.3 Å². The predicted molar refractivity (Wildman–Crippen MR) is 234 cm³/mol. The number of benzene rings is 1. The van der Waals surface area contributed by atoms with Gasteiger partial charge < -0.3 is 63.1 Å². The number of hydrogen-bond donors (Lipinski definition) is 10. The van der Waals surface area contributed by atoms with Gasteiger partial charge in [-0.2, -0.15) is 0 Å². The van der Waals surface area contributed by atoms with Crippen molar-refractivity contribution in [3.63, 3.8) is 0 Å². The number of nitrogens with one attached hydrogen (secondary N) is 7. The number of ether oxygens (including phenoxy) is 1. The minimum Gasteiger partial charge on any atom is -0.506 e. The highest BCUT2D eigenvalue weighted by Gasteiger charge is 2.36. The summed E-state index contributed by atoms with van der Waals surface area (Å²) in [4.78, 5) is 104. The monoisotopic (exact) mass is 889 g/mol. The van der Waals surface area contributed by atoms with Crippen LogP contribution in [0.5, 0.6) is 5.75 Å². The number of halogens is 1. The van der Waals surface area contributed by atoms with Crippen molar-refractivity contribution < 1.29 is 43.4 Å². The number of likely N-dealkylation sites (N-methyl/N-ethyl adjacent to an activating group) is 1. The van der Waals surface area contributed by atoms with Crippen molar-refractivity contribution in [2.24, 2.45) is 28.3 Å². The molecule has 1 aliphatic rings. The Labute approximate surface area is 366 Å². The number of aromatic hydroxyl groups is 1. The Morgan fingerprint density at radius 1 is 0.968 bits per heavy atom. The first kappa shape index (κ1) is 50.6. The number of aromatic amines is 1. The lowest BCUT2D eigenvalue weighted by Gasteiger charge is -2.33. The van der Waals surface area contributed by atoms with Crippen molar-refractivity contribution >= 4 is 70.0 Å². The molecule has 6 atom stereocenters. The number of aliphatic imine (C=N–C) groups is 1. The highest BCUT2D eigenvalue weighted by Crippen LogP contribution is 2.31. The van der Waals surface area contributed by atoms with Gasteiger partial charge in [-0.05, 0) is 81.4 Å². The number of nitrogens with zero attached hydrogens (tertiary/aromatic N) is 2. The van der Waals surface area contributed by atoms with Crippen molar-refractivity contribution in [1.82, 2.24) is 41.8 Å². The molecule has 2 aromatic rings. The van der Waals surface area contributed by atoms with Crippen LogP contribution in [0.1, 0.15) is 85.1 Å². The molecule has 1 saturated heterocycles. The van der Waals surface area contributed by atoms with Gasteiger partial charge in [0, 0.05) is 43.7 Å². The molecule has 1 aromatic carbocycles. The highest BCUT2D eigenvalue weighted by molar-refractivity contribution is 6.32. The SMILES string of the molecule is COC(=O)C(CCCN=C(N)N)NC(=O)NC1CCCCNC(=O)C(Cc2c[nH]c3cc(Cl)c(O)cc23)NC(=O)C(CC(C)C)N(C)C(=O)C(CC(C)C)NC(=O)C(C)NC1=O. The zero-order valence-electron chi connectivity index (χ0n) is 36.6. The van der Waals surface area contributed by atoms with E-state index in [0.29, 0.717) is 35.7 Å². The normalized spacial score (nSPS) is 21.7. The van der Waals surface area contributed by atoms with Crippen molar-refractivity contribution in [1.29, 1.82) is 0 Å². The van der Waals surface area contributed by atoms with E-state index in [2.05, 4.69) is 41.9 Å². The smallest absolute Gasteiger partial charge is 0.328 e. The van der Waals surface area contributed by atoms with Crippen LogP contribution >= 0.6 is 11.6 Å². The molecule has 12 N–H and O–H groups in total. The number of H-pyrrole nitrogens is 1. The van der Waals surface area contributed by atoms with E-state index in [-0.39, 0.29) is 73.8 Å². The molecule has 1 fully saturated rings. The summed E-state index contributed by atoms with van der Waals surface area (Å²) in [6.45, 7) is 9.27. The van der Waals surface area contributed by atoms with Gasteiger partial charge in [0.05, 0.1) is 12.1 Å². The number of fused-ring (bicyclic) bond motifs is 1. The maximum Gasteiger partial charge on any atom is 0.328 e. The van der Waals surface area contributed by atoms with E-state index in [0.717, 1.165) is 0 Å². The van der Waals surface area contributed by atoms with Crippen molar-refractivity contribution in [2.75, 3.05) is 27.2 Å². The second-order valence-electron chi connectivity index (χ2n) is 16.4. The number of phenols is 1. The van der Waals surface area contributed by atoms with Gasteiger partial charge in [0.1, 0.15) is 42.0 Å². The number of aromatic nitrogens is 1. The van der Waals surface area contributed by atoms with Gasteiger partial charge in [0.2, 0.25) is 29.5 Å². The second kappa shape index (κ2) is 24.0. The lowest BCUT2D eigenvalue weighted by atomic mass is 9.97. The topological polar surface area (TPSA) is 305 Å². The highest BCUT2D eigenvalue weighted by atomic mass is 35.5. The average Bonchev–Trinajstić information content (AvgIpc) is 3.58. The van der Waals surface area contributed by atoms with Crippen LogP contribution < -0.4 is 43.4 Å². The first-order valence-corrected chi connectivity index (χ1v) is 21.2. The van der Waals surface area contributed by atoms with E-state index in [4.69, 9.17) is 27.8 Å². The molecule has 0 aliphatic carbocycles. The number of amides is 7. The summed E-state index contributed by atoms with van der Waals surface area (Å²) < 4.78 is 4.84. The zero-order chi connectivity index (χ0) is 46.3. The van der Waals surface area contributed by atoms with Crippen LogP contribution in [-0.2, 0) is 39.9 Å². The van der Waals surface area contributed by atoms with Crippen LogP contribution in [0, 0.1) is 11.8 Å². The fraction of sp³-hybridized carbons (Fsp3) is 0.610. The number of carbonyl (C=O) groups excluding carboxylic acids is 7. The second-order valence-corrected chi connectivity index (χ2v) is 16.8. The number of urea groups is 1. The molecule has 7 amide bonds. The van der Waals surface area contributed by atoms with Crippen LogP contribution in [0.3, 0.4) is 0 Å². The van der Waals surface area contributed by atoms with E-state index in [1.165, 1.54) is 32.0 Å². The minimum atomic E-state index is -1.21. The summed E-state index contributed by atoms with van der Waals surface area (Å²) in [5.74, 6) is -4.21. The number of nitrogens with two attached hydrogens (primary N) is 2. The average molecular weight is 890 g/mol. The number of rotatable bonds is 13. The summed E-state index contributed by atoms with van der Waals surface area (Å²) in [5, 5.41) is 27.3. The molecule has 1 aliphatic heterocycles. The van der Waals surface area contributed by atoms with Crippen LogP contribution in [-0.4, -0.2) is 126 Å². The van der Waals surface area contributed by atoms with Crippen molar-refractivity contribution in [2.45, 2.75) is 122 Å². The molecule has 3 rings (SSSR count). The largest absolute Gasteiger partial charge is 0.506 e. The standard InChI is InChI=1S/C41H64ClN11O9/c1-21(2)15-31-38(59)53(6)32(16-22(3)4)37(58)49-30(17-24-20-47-29-19-26(42)33(54)18-25(24)29)35(56)45-13-9-8-11-27(36(57)48-23(5)34(55)50-31)51-41(61)52-28(39(60)62-7)12-10-14-46-40(43)44/h18-23,27-28,30-32,47,54H,8-17H2,1-7H3,(H,45,56)(H,48,57)(H,49,58)(H,50,55)(H4,43,44,46)(H2,51,52,61). The van der Waals surface area contributed by atoms with Gasteiger partial charge in [-0.15, -0.1) is 0 Å². The Morgan fingerprint density at radius 3 is 2.29 bits per heavy atom. The molecule has 62 heavy (non-hydrogen) atoms. The molecule has 0 bridgehead atoms. The first-order chi connectivity index (χ1) is 29.2. The van der Waals surface area contributed by atoms with Crippen LogP contribution in [0.15, 0.2) is 23.3 Å². The molecule has 0 radical (unpaired) electrons. The molecule has 21 heteroatoms. The number of esters is 1. The molecule has 0 saturated carbocycles. The molecule has 0 spiro atoms. The Balaban J connectivity index is 1.97. The van der Waals surface area contributed by atoms with Crippen LogP contribution in [0.2, 0.25) is 5.02 Å². The van der Waals surface area contributed by atoms with Gasteiger partial charge in [-0.25, -0.2) is 9.59 Å². The maximum absolute atomic E-state index is 14.2. The quantitative estimate of drug-likeness (QED) is 0.0586. The summed E-state index contributed by atoms with van der Waals surface area (Å²) in [6.07, 6.45) is 3.20. The van der Waals surface area contributed by atoms with Gasteiger partial charge in [0.15, 0.2) is 5.96 Å². The number of methoxy groups -OCH3 is 1. The third-order valence-corrected chi connectivity index (χ3v) is 10.7. The Hall–Kier alpha value is -5.79. The number of phenolic OH excluding ortho intramolecular Hbond substituents is 1. The zero-order valence-corrected chi connectivity index (χ0v) is 37.3. The molecular formula is C41H64ClN11O9. The van der Waals surface area contributed by atoms with Crippen LogP contribution in [0.25, 0.3) is 10.9 Å². The molecule has 6 unspecified atom stereocenters. The van der Waals surface area contributed by atoms with Crippen molar-refractivity contribution in [3.05, 3.63) is 28.9 Å². The Morgan fingerprint density at radius 2 is 1.65 bits per heavy atom. The number of guanidine groups is 1. The van der Waals surface area contributed by atoms with E-state index in [1.807, 2.05) is 27.7 Å².